The number of hydrogen-bond donors (Lipinski definition) is 1. The smallest absolute Gasteiger partial charge is 0.141 e. The van der Waals surface area contributed by atoms with Gasteiger partial charge < -0.3 is 5.32 Å². The van der Waals surface area contributed by atoms with Gasteiger partial charge in [0.2, 0.25) is 0 Å². The Morgan fingerprint density at radius 1 is 1.35 bits per heavy atom. The molecule has 4 heteroatoms. The van der Waals surface area contributed by atoms with Crippen LogP contribution in [0.1, 0.15) is 29.7 Å². The molecule has 1 unspecified atom stereocenters. The lowest BCUT2D eigenvalue weighted by Gasteiger charge is -2.19. The molecule has 20 heavy (non-hydrogen) atoms. The van der Waals surface area contributed by atoms with E-state index in [1.165, 1.54) is 17.2 Å². The van der Waals surface area contributed by atoms with Crippen LogP contribution in [0.25, 0.3) is 0 Å². The quantitative estimate of drug-likeness (QED) is 0.903. The molecule has 2 aromatic rings. The summed E-state index contributed by atoms with van der Waals surface area (Å²) in [5.41, 5.74) is 3.46. The standard InChI is InChI=1S/C16H18ClFN2/c1-3-12-10-20-7-6-13(12)16(19-2)9-11-4-5-15(18)14(17)8-11/h4-8,10,16,19H,3,9H2,1-2H3. The number of likely N-dealkylation sites (N-methyl/N-ethyl adjacent to an activating group) is 1. The van der Waals surface area contributed by atoms with Crippen molar-refractivity contribution in [2.45, 2.75) is 25.8 Å². The summed E-state index contributed by atoms with van der Waals surface area (Å²) in [7, 11) is 1.93. The molecule has 0 fully saturated rings. The fourth-order valence-electron chi connectivity index (χ4n) is 2.34. The zero-order valence-electron chi connectivity index (χ0n) is 11.7. The first-order chi connectivity index (χ1) is 9.65. The van der Waals surface area contributed by atoms with Crippen molar-refractivity contribution in [1.82, 2.24) is 10.3 Å². The molecule has 1 atom stereocenters. The maximum atomic E-state index is 13.2. The van der Waals surface area contributed by atoms with Crippen LogP contribution >= 0.6 is 11.6 Å². The third-order valence-electron chi connectivity index (χ3n) is 3.47. The van der Waals surface area contributed by atoms with Gasteiger partial charge in [0.25, 0.3) is 0 Å². The molecule has 0 radical (unpaired) electrons. The van der Waals surface area contributed by atoms with Crippen molar-refractivity contribution in [1.29, 1.82) is 0 Å². The van der Waals surface area contributed by atoms with Gasteiger partial charge in [0.05, 0.1) is 5.02 Å². The van der Waals surface area contributed by atoms with Crippen molar-refractivity contribution in [2.24, 2.45) is 0 Å². The summed E-state index contributed by atoms with van der Waals surface area (Å²) < 4.78 is 13.2. The summed E-state index contributed by atoms with van der Waals surface area (Å²) in [6, 6.07) is 7.07. The number of hydrogen-bond acceptors (Lipinski definition) is 2. The summed E-state index contributed by atoms with van der Waals surface area (Å²) in [6.07, 6.45) is 5.40. The second-order valence-corrected chi connectivity index (χ2v) is 5.13. The average molecular weight is 293 g/mol. The van der Waals surface area contributed by atoms with E-state index in [-0.39, 0.29) is 16.9 Å². The van der Waals surface area contributed by atoms with Crippen LogP contribution in [0.15, 0.2) is 36.7 Å². The van der Waals surface area contributed by atoms with E-state index in [2.05, 4.69) is 17.2 Å². The van der Waals surface area contributed by atoms with E-state index < -0.39 is 0 Å². The van der Waals surface area contributed by atoms with E-state index in [0.717, 1.165) is 18.4 Å². The van der Waals surface area contributed by atoms with Gasteiger partial charge in [-0.2, -0.15) is 0 Å². The molecule has 1 heterocycles. The third-order valence-corrected chi connectivity index (χ3v) is 3.76. The van der Waals surface area contributed by atoms with Crippen LogP contribution in [0.4, 0.5) is 4.39 Å². The molecule has 0 aliphatic carbocycles. The van der Waals surface area contributed by atoms with E-state index in [9.17, 15) is 4.39 Å². The molecule has 0 spiro atoms. The first-order valence-corrected chi connectivity index (χ1v) is 7.07. The minimum atomic E-state index is -0.380. The van der Waals surface area contributed by atoms with E-state index >= 15 is 0 Å². The Hall–Kier alpha value is -1.45. The largest absolute Gasteiger partial charge is 0.313 e. The highest BCUT2D eigenvalue weighted by atomic mass is 35.5. The van der Waals surface area contributed by atoms with Crippen LogP contribution in [0.2, 0.25) is 5.02 Å². The fraction of sp³-hybridized carbons (Fsp3) is 0.312. The van der Waals surface area contributed by atoms with Crippen LogP contribution in [0, 0.1) is 5.82 Å². The summed E-state index contributed by atoms with van der Waals surface area (Å²) in [6.45, 7) is 2.11. The predicted octanol–water partition coefficient (Wildman–Crippen LogP) is 3.94. The van der Waals surface area contributed by atoms with Gasteiger partial charge in [-0.3, -0.25) is 4.98 Å². The molecule has 0 saturated heterocycles. The van der Waals surface area contributed by atoms with E-state index in [1.807, 2.05) is 19.3 Å². The van der Waals surface area contributed by atoms with Gasteiger partial charge in [-0.15, -0.1) is 0 Å². The van der Waals surface area contributed by atoms with Crippen LogP contribution in [0.3, 0.4) is 0 Å². The van der Waals surface area contributed by atoms with Crippen molar-refractivity contribution >= 4 is 11.6 Å². The molecular formula is C16H18ClFN2. The second-order valence-electron chi connectivity index (χ2n) is 4.72. The molecule has 0 aliphatic rings. The van der Waals surface area contributed by atoms with Crippen molar-refractivity contribution in [2.75, 3.05) is 7.05 Å². The van der Waals surface area contributed by atoms with Gasteiger partial charge in [-0.25, -0.2) is 4.39 Å². The molecule has 106 valence electrons. The lowest BCUT2D eigenvalue weighted by Crippen LogP contribution is -2.20. The van der Waals surface area contributed by atoms with E-state index in [0.29, 0.717) is 0 Å². The summed E-state index contributed by atoms with van der Waals surface area (Å²) in [5, 5.41) is 3.48. The highest BCUT2D eigenvalue weighted by Gasteiger charge is 2.14. The minimum Gasteiger partial charge on any atom is -0.313 e. The Labute approximate surface area is 124 Å². The number of rotatable bonds is 5. The zero-order chi connectivity index (χ0) is 14.5. The fourth-order valence-corrected chi connectivity index (χ4v) is 2.55. The number of nitrogens with zero attached hydrogens (tertiary/aromatic N) is 1. The molecule has 2 nitrogen and oxygen atoms in total. The lowest BCUT2D eigenvalue weighted by molar-refractivity contribution is 0.583. The van der Waals surface area contributed by atoms with E-state index in [1.54, 1.807) is 18.3 Å². The SMILES string of the molecule is CCc1cnccc1C(Cc1ccc(F)c(Cl)c1)NC. The predicted molar refractivity (Wildman–Crippen MR) is 80.5 cm³/mol. The number of pyridine rings is 1. The van der Waals surface area contributed by atoms with Gasteiger partial charge in [0.1, 0.15) is 5.82 Å². The molecule has 2 rings (SSSR count). The Kier molecular flexibility index (Phi) is 5.10. The number of aromatic nitrogens is 1. The van der Waals surface area contributed by atoms with Gasteiger partial charge in [0.15, 0.2) is 0 Å². The summed E-state index contributed by atoms with van der Waals surface area (Å²) in [4.78, 5) is 4.17. The first-order valence-electron chi connectivity index (χ1n) is 6.69. The first kappa shape index (κ1) is 14.9. The minimum absolute atomic E-state index is 0.162. The maximum Gasteiger partial charge on any atom is 0.141 e. The topological polar surface area (TPSA) is 24.9 Å². The van der Waals surface area contributed by atoms with Crippen LogP contribution in [-0.2, 0) is 12.8 Å². The highest BCUT2D eigenvalue weighted by molar-refractivity contribution is 6.30. The molecule has 0 aliphatic heterocycles. The van der Waals surface area contributed by atoms with Crippen LogP contribution < -0.4 is 5.32 Å². The van der Waals surface area contributed by atoms with Crippen molar-refractivity contribution < 1.29 is 4.39 Å². The Morgan fingerprint density at radius 3 is 2.80 bits per heavy atom. The normalized spacial score (nSPS) is 12.4. The molecule has 1 aromatic carbocycles. The molecule has 1 N–H and O–H groups in total. The average Bonchev–Trinajstić information content (AvgIpc) is 2.48. The van der Waals surface area contributed by atoms with E-state index in [4.69, 9.17) is 11.6 Å². The van der Waals surface area contributed by atoms with Gasteiger partial charge >= 0.3 is 0 Å². The number of nitrogens with one attached hydrogen (secondary N) is 1. The molecular weight excluding hydrogens is 275 g/mol. The van der Waals surface area contributed by atoms with Crippen molar-refractivity contribution in [3.05, 3.63) is 64.2 Å². The zero-order valence-corrected chi connectivity index (χ0v) is 12.4. The number of halogens is 2. The second kappa shape index (κ2) is 6.82. The van der Waals surface area contributed by atoms with Crippen LogP contribution in [0.5, 0.6) is 0 Å². The van der Waals surface area contributed by atoms with Crippen molar-refractivity contribution in [3.63, 3.8) is 0 Å². The summed E-state index contributed by atoms with van der Waals surface area (Å²) in [5.74, 6) is -0.380. The molecule has 1 aromatic heterocycles. The number of aryl methyl sites for hydroxylation is 1. The molecule has 0 saturated carbocycles. The Balaban J connectivity index is 2.26. The third kappa shape index (κ3) is 3.35. The maximum absolute atomic E-state index is 13.2. The Morgan fingerprint density at radius 2 is 2.15 bits per heavy atom. The lowest BCUT2D eigenvalue weighted by atomic mass is 9.95. The monoisotopic (exact) mass is 292 g/mol. The van der Waals surface area contributed by atoms with Crippen molar-refractivity contribution in [3.8, 4) is 0 Å². The summed E-state index contributed by atoms with van der Waals surface area (Å²) >= 11 is 5.84. The number of benzene rings is 1. The van der Waals surface area contributed by atoms with Gasteiger partial charge in [0, 0.05) is 18.4 Å². The van der Waals surface area contributed by atoms with Gasteiger partial charge in [-0.05, 0) is 54.8 Å². The van der Waals surface area contributed by atoms with Crippen LogP contribution in [-0.4, -0.2) is 12.0 Å². The molecule has 0 bridgehead atoms. The Bertz CT molecular complexity index is 586. The highest BCUT2D eigenvalue weighted by Crippen LogP contribution is 2.24. The van der Waals surface area contributed by atoms with Gasteiger partial charge in [-0.1, -0.05) is 24.6 Å². The molecule has 0 amide bonds.